The van der Waals surface area contributed by atoms with Gasteiger partial charge in [-0.3, -0.25) is 14.7 Å². The summed E-state index contributed by atoms with van der Waals surface area (Å²) in [5.74, 6) is -0.835. The van der Waals surface area contributed by atoms with Crippen LogP contribution in [0.2, 0.25) is 0 Å². The lowest BCUT2D eigenvalue weighted by atomic mass is 10.3. The lowest BCUT2D eigenvalue weighted by Gasteiger charge is -2.21. The Morgan fingerprint density at radius 3 is 2.81 bits per heavy atom. The highest BCUT2D eigenvalue weighted by atomic mass is 16.4. The van der Waals surface area contributed by atoms with Crippen LogP contribution in [0.3, 0.4) is 0 Å². The van der Waals surface area contributed by atoms with Gasteiger partial charge >= 0.3 is 12.0 Å². The molecule has 1 aliphatic heterocycles. The van der Waals surface area contributed by atoms with Crippen molar-refractivity contribution in [3.05, 3.63) is 24.0 Å². The summed E-state index contributed by atoms with van der Waals surface area (Å²) < 4.78 is 0. The number of nitrogens with zero attached hydrogens (tertiary/aromatic N) is 3. The number of carboxylic acid groups (broad SMARTS) is 1. The first-order chi connectivity index (χ1) is 10.0. The van der Waals surface area contributed by atoms with Crippen molar-refractivity contribution in [3.63, 3.8) is 0 Å². The average Bonchev–Trinajstić information content (AvgIpc) is 2.63. The molecule has 1 aliphatic rings. The Labute approximate surface area is 123 Å². The Morgan fingerprint density at radius 2 is 2.10 bits per heavy atom. The minimum absolute atomic E-state index is 0.0251. The van der Waals surface area contributed by atoms with E-state index in [1.807, 2.05) is 17.9 Å². The van der Waals surface area contributed by atoms with E-state index in [-0.39, 0.29) is 12.6 Å². The summed E-state index contributed by atoms with van der Waals surface area (Å²) in [7, 11) is 0. The minimum atomic E-state index is -0.835. The minimum Gasteiger partial charge on any atom is -0.480 e. The summed E-state index contributed by atoms with van der Waals surface area (Å²) in [4.78, 5) is 30.5. The number of rotatable bonds is 3. The molecule has 2 heterocycles. The van der Waals surface area contributed by atoms with E-state index in [1.165, 1.54) is 0 Å². The first kappa shape index (κ1) is 15.2. The SMILES string of the molecule is Cc1cncc(NC(=O)N2CCCN(CC(=O)O)CC2)c1. The highest BCUT2D eigenvalue weighted by molar-refractivity contribution is 5.89. The van der Waals surface area contributed by atoms with Gasteiger partial charge in [-0.15, -0.1) is 0 Å². The summed E-state index contributed by atoms with van der Waals surface area (Å²) in [5.41, 5.74) is 1.66. The van der Waals surface area contributed by atoms with Crippen LogP contribution in [0.4, 0.5) is 10.5 Å². The molecule has 2 N–H and O–H groups in total. The van der Waals surface area contributed by atoms with Crippen molar-refractivity contribution >= 4 is 17.7 Å². The zero-order chi connectivity index (χ0) is 15.2. The van der Waals surface area contributed by atoms with Crippen LogP contribution in [0.15, 0.2) is 18.5 Å². The number of carbonyl (C=O) groups is 2. The highest BCUT2D eigenvalue weighted by Gasteiger charge is 2.20. The Kier molecular flexibility index (Phi) is 5.10. The topological polar surface area (TPSA) is 85.8 Å². The number of pyridine rings is 1. The summed E-state index contributed by atoms with van der Waals surface area (Å²) in [5, 5.41) is 11.6. The second kappa shape index (κ2) is 7.03. The molecule has 1 fully saturated rings. The normalized spacial score (nSPS) is 16.3. The Balaban J connectivity index is 1.89. The number of hydrogen-bond acceptors (Lipinski definition) is 4. The third-order valence-corrected chi connectivity index (χ3v) is 3.36. The van der Waals surface area contributed by atoms with E-state index in [0.717, 1.165) is 12.0 Å². The number of carbonyl (C=O) groups excluding carboxylic acids is 1. The van der Waals surface area contributed by atoms with Crippen molar-refractivity contribution in [2.45, 2.75) is 13.3 Å². The van der Waals surface area contributed by atoms with E-state index in [1.54, 1.807) is 17.3 Å². The molecule has 0 atom stereocenters. The molecule has 1 aromatic rings. The molecule has 0 spiro atoms. The lowest BCUT2D eigenvalue weighted by Crippen LogP contribution is -2.38. The van der Waals surface area contributed by atoms with E-state index < -0.39 is 5.97 Å². The maximum Gasteiger partial charge on any atom is 0.321 e. The first-order valence-electron chi connectivity index (χ1n) is 6.96. The average molecular weight is 292 g/mol. The number of aryl methyl sites for hydroxylation is 1. The van der Waals surface area contributed by atoms with Crippen LogP contribution in [-0.4, -0.2) is 64.6 Å². The number of nitrogens with one attached hydrogen (secondary N) is 1. The van der Waals surface area contributed by atoms with Gasteiger partial charge in [-0.1, -0.05) is 0 Å². The van der Waals surface area contributed by atoms with Gasteiger partial charge in [-0.2, -0.15) is 0 Å². The number of anilines is 1. The van der Waals surface area contributed by atoms with Crippen LogP contribution in [0.25, 0.3) is 0 Å². The number of aromatic nitrogens is 1. The molecule has 2 amide bonds. The van der Waals surface area contributed by atoms with E-state index in [4.69, 9.17) is 5.11 Å². The predicted octanol–water partition coefficient (Wildman–Crippen LogP) is 1.01. The molecule has 7 nitrogen and oxygen atoms in total. The molecule has 0 saturated carbocycles. The fourth-order valence-corrected chi connectivity index (χ4v) is 2.35. The van der Waals surface area contributed by atoms with Crippen molar-refractivity contribution < 1.29 is 14.7 Å². The Hall–Kier alpha value is -2.15. The Morgan fingerprint density at radius 1 is 1.29 bits per heavy atom. The third kappa shape index (κ3) is 4.71. The standard InChI is InChI=1S/C14H20N4O3/c1-11-7-12(9-15-8-11)16-14(21)18-4-2-3-17(5-6-18)10-13(19)20/h7-9H,2-6,10H2,1H3,(H,16,21)(H,19,20). The molecule has 2 rings (SSSR count). The summed E-state index contributed by atoms with van der Waals surface area (Å²) in [6.07, 6.45) is 4.11. The smallest absolute Gasteiger partial charge is 0.321 e. The van der Waals surface area contributed by atoms with Gasteiger partial charge < -0.3 is 15.3 Å². The van der Waals surface area contributed by atoms with Crippen molar-refractivity contribution in [1.82, 2.24) is 14.8 Å². The summed E-state index contributed by atoms with van der Waals surface area (Å²) >= 11 is 0. The van der Waals surface area contributed by atoms with E-state index >= 15 is 0 Å². The summed E-state index contributed by atoms with van der Waals surface area (Å²) in [6.45, 7) is 4.36. The predicted molar refractivity (Wildman–Crippen MR) is 78.3 cm³/mol. The maximum atomic E-state index is 12.2. The molecule has 1 saturated heterocycles. The van der Waals surface area contributed by atoms with Gasteiger partial charge in [0.1, 0.15) is 0 Å². The lowest BCUT2D eigenvalue weighted by molar-refractivity contribution is -0.138. The van der Waals surface area contributed by atoms with Crippen molar-refractivity contribution in [3.8, 4) is 0 Å². The fraction of sp³-hybridized carbons (Fsp3) is 0.500. The molecule has 0 aliphatic carbocycles. The number of amides is 2. The van der Waals surface area contributed by atoms with Gasteiger partial charge in [-0.25, -0.2) is 4.79 Å². The Bertz CT molecular complexity index is 521. The number of urea groups is 1. The van der Waals surface area contributed by atoms with E-state index in [0.29, 0.717) is 31.9 Å². The largest absolute Gasteiger partial charge is 0.480 e. The van der Waals surface area contributed by atoms with E-state index in [2.05, 4.69) is 10.3 Å². The molecule has 0 bridgehead atoms. The maximum absolute atomic E-state index is 12.2. The first-order valence-corrected chi connectivity index (χ1v) is 6.96. The van der Waals surface area contributed by atoms with Crippen molar-refractivity contribution in [1.29, 1.82) is 0 Å². The van der Waals surface area contributed by atoms with Gasteiger partial charge in [0.25, 0.3) is 0 Å². The molecule has 0 radical (unpaired) electrons. The van der Waals surface area contributed by atoms with Crippen LogP contribution < -0.4 is 5.32 Å². The van der Waals surface area contributed by atoms with Gasteiger partial charge in [0.15, 0.2) is 0 Å². The van der Waals surface area contributed by atoms with Crippen LogP contribution >= 0.6 is 0 Å². The molecule has 7 heteroatoms. The van der Waals surface area contributed by atoms with Gasteiger partial charge in [0.05, 0.1) is 18.4 Å². The van der Waals surface area contributed by atoms with Crippen LogP contribution in [0.5, 0.6) is 0 Å². The van der Waals surface area contributed by atoms with E-state index in [9.17, 15) is 9.59 Å². The van der Waals surface area contributed by atoms with Gasteiger partial charge in [-0.05, 0) is 25.0 Å². The molecule has 0 unspecified atom stereocenters. The molecule has 21 heavy (non-hydrogen) atoms. The molecular formula is C14H20N4O3. The van der Waals surface area contributed by atoms with Crippen LogP contribution in [0.1, 0.15) is 12.0 Å². The van der Waals surface area contributed by atoms with Crippen molar-refractivity contribution in [2.75, 3.05) is 38.0 Å². The van der Waals surface area contributed by atoms with Crippen LogP contribution in [0, 0.1) is 6.92 Å². The van der Waals surface area contributed by atoms with Crippen LogP contribution in [-0.2, 0) is 4.79 Å². The quantitative estimate of drug-likeness (QED) is 0.868. The number of aliphatic carboxylic acids is 1. The zero-order valence-corrected chi connectivity index (χ0v) is 12.1. The third-order valence-electron chi connectivity index (χ3n) is 3.36. The fourth-order valence-electron chi connectivity index (χ4n) is 2.35. The molecule has 0 aromatic carbocycles. The monoisotopic (exact) mass is 292 g/mol. The highest BCUT2D eigenvalue weighted by Crippen LogP contribution is 2.10. The second-order valence-electron chi connectivity index (χ2n) is 5.19. The molecular weight excluding hydrogens is 272 g/mol. The van der Waals surface area contributed by atoms with Gasteiger partial charge in [0, 0.05) is 32.4 Å². The van der Waals surface area contributed by atoms with Gasteiger partial charge in [0.2, 0.25) is 0 Å². The second-order valence-corrected chi connectivity index (χ2v) is 5.19. The molecule has 1 aromatic heterocycles. The zero-order valence-electron chi connectivity index (χ0n) is 12.1. The molecule has 114 valence electrons. The number of carboxylic acids is 1. The summed E-state index contributed by atoms with van der Waals surface area (Å²) in [6, 6.07) is 1.69. The number of hydrogen-bond donors (Lipinski definition) is 2. The van der Waals surface area contributed by atoms with Crippen molar-refractivity contribution in [2.24, 2.45) is 0 Å².